The summed E-state index contributed by atoms with van der Waals surface area (Å²) in [6.45, 7) is 9.15. The molecule has 3 aliphatic heterocycles. The van der Waals surface area contributed by atoms with Crippen LogP contribution in [0.25, 0.3) is 0 Å². The molecule has 2 N–H and O–H groups in total. The van der Waals surface area contributed by atoms with Gasteiger partial charge in [-0.2, -0.15) is 0 Å². The van der Waals surface area contributed by atoms with Crippen molar-refractivity contribution in [2.45, 2.75) is 76.4 Å². The molecule has 0 saturated carbocycles. The lowest BCUT2D eigenvalue weighted by Crippen LogP contribution is -2.44. The summed E-state index contributed by atoms with van der Waals surface area (Å²) in [7, 11) is 0. The van der Waals surface area contributed by atoms with Crippen LogP contribution in [0.2, 0.25) is 0 Å². The number of rotatable bonds is 5. The first-order chi connectivity index (χ1) is 10.3. The van der Waals surface area contributed by atoms with Crippen LogP contribution in [0.1, 0.15) is 34.1 Å². The molecular weight excluding hydrogens is 290 g/mol. The third-order valence-electron chi connectivity index (χ3n) is 4.08. The molecule has 0 aromatic heterocycles. The molecule has 3 aliphatic rings. The Labute approximate surface area is 131 Å². The highest BCUT2D eigenvalue weighted by Crippen LogP contribution is 2.41. The second-order valence-corrected chi connectivity index (χ2v) is 6.91. The maximum atomic E-state index is 6.03. The van der Waals surface area contributed by atoms with Gasteiger partial charge in [0.15, 0.2) is 17.9 Å². The summed E-state index contributed by atoms with van der Waals surface area (Å²) in [6, 6.07) is 0. The van der Waals surface area contributed by atoms with Crippen molar-refractivity contribution in [2.75, 3.05) is 19.8 Å². The van der Waals surface area contributed by atoms with Gasteiger partial charge in [-0.05, 0) is 40.7 Å². The molecule has 3 fully saturated rings. The molecule has 0 bridgehead atoms. The standard InChI is InChI=1S/C15H27NO6/c1-14(2)18-8-9(20-14)10-11(17-7-5-6-16)12-13(19-10)22-15(3,4)21-12/h9-13H,5-8,16H2,1-4H3. The summed E-state index contributed by atoms with van der Waals surface area (Å²) in [5.74, 6) is -1.27. The minimum atomic E-state index is -0.665. The maximum absolute atomic E-state index is 6.03. The van der Waals surface area contributed by atoms with Crippen molar-refractivity contribution in [3.8, 4) is 0 Å². The van der Waals surface area contributed by atoms with Crippen molar-refractivity contribution in [1.82, 2.24) is 0 Å². The van der Waals surface area contributed by atoms with E-state index in [9.17, 15) is 0 Å². The van der Waals surface area contributed by atoms with E-state index >= 15 is 0 Å². The lowest BCUT2D eigenvalue weighted by Gasteiger charge is -2.29. The van der Waals surface area contributed by atoms with Crippen LogP contribution in [-0.4, -0.2) is 62.0 Å². The number of hydrogen-bond donors (Lipinski definition) is 1. The Morgan fingerprint density at radius 2 is 1.82 bits per heavy atom. The van der Waals surface area contributed by atoms with Crippen molar-refractivity contribution in [3.05, 3.63) is 0 Å². The minimum Gasteiger partial charge on any atom is -0.372 e. The molecule has 0 aromatic carbocycles. The smallest absolute Gasteiger partial charge is 0.190 e. The molecule has 0 spiro atoms. The van der Waals surface area contributed by atoms with E-state index in [0.29, 0.717) is 19.8 Å². The Kier molecular flexibility index (Phi) is 4.50. The molecule has 0 aromatic rings. The predicted molar refractivity (Wildman–Crippen MR) is 77.0 cm³/mol. The summed E-state index contributed by atoms with van der Waals surface area (Å²) >= 11 is 0. The summed E-state index contributed by atoms with van der Waals surface area (Å²) in [5.41, 5.74) is 5.54. The summed E-state index contributed by atoms with van der Waals surface area (Å²) in [6.07, 6.45) is -0.621. The Morgan fingerprint density at radius 1 is 1.05 bits per heavy atom. The fraction of sp³-hybridized carbons (Fsp3) is 1.00. The molecule has 128 valence electrons. The van der Waals surface area contributed by atoms with Gasteiger partial charge in [0.2, 0.25) is 0 Å². The van der Waals surface area contributed by atoms with E-state index in [0.717, 1.165) is 6.42 Å². The average Bonchev–Trinajstić information content (AvgIpc) is 3.01. The molecule has 3 rings (SSSR count). The van der Waals surface area contributed by atoms with Gasteiger partial charge in [-0.25, -0.2) is 0 Å². The monoisotopic (exact) mass is 317 g/mol. The zero-order valence-corrected chi connectivity index (χ0v) is 13.7. The number of hydrogen-bond acceptors (Lipinski definition) is 7. The second kappa shape index (κ2) is 5.98. The highest BCUT2D eigenvalue weighted by Gasteiger charge is 2.58. The van der Waals surface area contributed by atoms with Crippen LogP contribution in [0.5, 0.6) is 0 Å². The van der Waals surface area contributed by atoms with Gasteiger partial charge in [0.1, 0.15) is 24.4 Å². The Hall–Kier alpha value is -0.280. The molecule has 5 unspecified atom stereocenters. The molecule has 7 heteroatoms. The molecule has 3 saturated heterocycles. The topological polar surface area (TPSA) is 81.4 Å². The average molecular weight is 317 g/mol. The zero-order valence-electron chi connectivity index (χ0n) is 13.7. The molecule has 0 aliphatic carbocycles. The van der Waals surface area contributed by atoms with E-state index in [2.05, 4.69) is 0 Å². The Bertz CT molecular complexity index is 401. The van der Waals surface area contributed by atoms with E-state index in [1.54, 1.807) is 0 Å². The van der Waals surface area contributed by atoms with Crippen LogP contribution in [0.15, 0.2) is 0 Å². The number of fused-ring (bicyclic) bond motifs is 1. The van der Waals surface area contributed by atoms with Crippen molar-refractivity contribution >= 4 is 0 Å². The third-order valence-corrected chi connectivity index (χ3v) is 4.08. The van der Waals surface area contributed by atoms with Gasteiger partial charge in [0.05, 0.1) is 6.61 Å². The van der Waals surface area contributed by atoms with Crippen LogP contribution in [0.4, 0.5) is 0 Å². The fourth-order valence-electron chi connectivity index (χ4n) is 3.17. The Balaban J connectivity index is 1.69. The zero-order chi connectivity index (χ0) is 16.0. The third kappa shape index (κ3) is 3.31. The summed E-state index contributed by atoms with van der Waals surface area (Å²) in [5, 5.41) is 0. The van der Waals surface area contributed by atoms with Gasteiger partial charge in [0, 0.05) is 6.61 Å². The van der Waals surface area contributed by atoms with E-state index in [-0.39, 0.29) is 24.4 Å². The van der Waals surface area contributed by atoms with Gasteiger partial charge in [-0.15, -0.1) is 0 Å². The lowest BCUT2D eigenvalue weighted by atomic mass is 10.1. The molecule has 0 amide bonds. The van der Waals surface area contributed by atoms with Gasteiger partial charge < -0.3 is 34.2 Å². The van der Waals surface area contributed by atoms with E-state index in [4.69, 9.17) is 34.2 Å². The van der Waals surface area contributed by atoms with E-state index in [1.165, 1.54) is 0 Å². The maximum Gasteiger partial charge on any atom is 0.190 e. The molecule has 5 atom stereocenters. The summed E-state index contributed by atoms with van der Waals surface area (Å²) in [4.78, 5) is 0. The predicted octanol–water partition coefficient (Wildman–Crippen LogP) is 0.748. The van der Waals surface area contributed by atoms with Crippen LogP contribution >= 0.6 is 0 Å². The minimum absolute atomic E-state index is 0.196. The number of nitrogens with two attached hydrogens (primary N) is 1. The quantitative estimate of drug-likeness (QED) is 0.749. The number of ether oxygens (including phenoxy) is 6. The van der Waals surface area contributed by atoms with Crippen LogP contribution in [-0.2, 0) is 28.4 Å². The van der Waals surface area contributed by atoms with Crippen molar-refractivity contribution in [1.29, 1.82) is 0 Å². The Morgan fingerprint density at radius 3 is 2.45 bits per heavy atom. The van der Waals surface area contributed by atoms with E-state index < -0.39 is 17.9 Å². The highest BCUT2D eigenvalue weighted by molar-refractivity contribution is 4.98. The van der Waals surface area contributed by atoms with Gasteiger partial charge in [-0.1, -0.05) is 0 Å². The lowest BCUT2D eigenvalue weighted by molar-refractivity contribution is -0.235. The SMILES string of the molecule is CC1(C)OCC(C2OC3OC(C)(C)OC3C2OCCCN)O1. The van der Waals surface area contributed by atoms with Crippen molar-refractivity contribution in [2.24, 2.45) is 5.73 Å². The molecule has 3 heterocycles. The van der Waals surface area contributed by atoms with Crippen LogP contribution < -0.4 is 5.73 Å². The van der Waals surface area contributed by atoms with Crippen LogP contribution in [0.3, 0.4) is 0 Å². The first kappa shape index (κ1) is 16.6. The first-order valence-electron chi connectivity index (χ1n) is 7.96. The van der Waals surface area contributed by atoms with Crippen molar-refractivity contribution < 1.29 is 28.4 Å². The first-order valence-corrected chi connectivity index (χ1v) is 7.96. The van der Waals surface area contributed by atoms with Gasteiger partial charge in [0.25, 0.3) is 0 Å². The molecule has 7 nitrogen and oxygen atoms in total. The largest absolute Gasteiger partial charge is 0.372 e. The fourth-order valence-corrected chi connectivity index (χ4v) is 3.17. The van der Waals surface area contributed by atoms with Gasteiger partial charge in [-0.3, -0.25) is 0 Å². The van der Waals surface area contributed by atoms with Crippen molar-refractivity contribution in [3.63, 3.8) is 0 Å². The second-order valence-electron chi connectivity index (χ2n) is 6.91. The molecular formula is C15H27NO6. The molecule has 22 heavy (non-hydrogen) atoms. The molecule has 0 radical (unpaired) electrons. The summed E-state index contributed by atoms with van der Waals surface area (Å²) < 4.78 is 35.4. The van der Waals surface area contributed by atoms with E-state index in [1.807, 2.05) is 27.7 Å². The normalized spacial score (nSPS) is 42.7. The highest BCUT2D eigenvalue weighted by atomic mass is 16.8. The van der Waals surface area contributed by atoms with Gasteiger partial charge >= 0.3 is 0 Å². The van der Waals surface area contributed by atoms with Crippen LogP contribution in [0, 0.1) is 0 Å².